The van der Waals surface area contributed by atoms with Gasteiger partial charge in [-0.1, -0.05) is 6.07 Å². The zero-order valence-electron chi connectivity index (χ0n) is 12.5. The number of rotatable bonds is 7. The number of hydrogen-bond donors (Lipinski definition) is 2. The zero-order valence-corrected chi connectivity index (χ0v) is 14.1. The molecule has 0 aliphatic rings. The van der Waals surface area contributed by atoms with Gasteiger partial charge in [0.25, 0.3) is 0 Å². The summed E-state index contributed by atoms with van der Waals surface area (Å²) in [6.07, 6.45) is 1.75. The maximum atomic E-state index is 8.83. The van der Waals surface area contributed by atoms with Crippen molar-refractivity contribution in [2.75, 3.05) is 25.6 Å². The maximum Gasteiger partial charge on any atom is 0.161 e. The highest BCUT2D eigenvalue weighted by Crippen LogP contribution is 2.31. The van der Waals surface area contributed by atoms with Crippen LogP contribution in [0.4, 0.5) is 5.82 Å². The van der Waals surface area contributed by atoms with Gasteiger partial charge in [0.15, 0.2) is 11.5 Å². The van der Waals surface area contributed by atoms with Crippen molar-refractivity contribution in [3.05, 3.63) is 46.6 Å². The third kappa shape index (κ3) is 4.35. The third-order valence-electron chi connectivity index (χ3n) is 3.13. The fourth-order valence-electron chi connectivity index (χ4n) is 1.99. The van der Waals surface area contributed by atoms with Gasteiger partial charge in [0.05, 0.1) is 19.8 Å². The summed E-state index contributed by atoms with van der Waals surface area (Å²) in [4.78, 5) is 4.30. The van der Waals surface area contributed by atoms with Crippen LogP contribution in [0.1, 0.15) is 18.5 Å². The Hall–Kier alpha value is -1.79. The molecule has 1 atom stereocenters. The lowest BCUT2D eigenvalue weighted by atomic mass is 10.1. The van der Waals surface area contributed by atoms with Gasteiger partial charge < -0.3 is 19.9 Å². The molecule has 2 aromatic rings. The molecule has 0 amide bonds. The second-order valence-corrected chi connectivity index (χ2v) is 5.63. The van der Waals surface area contributed by atoms with Crippen LogP contribution in [-0.2, 0) is 0 Å². The number of halogens is 1. The van der Waals surface area contributed by atoms with Crippen molar-refractivity contribution in [2.24, 2.45) is 0 Å². The number of aliphatic hydroxyl groups is 1. The van der Waals surface area contributed by atoms with Crippen molar-refractivity contribution >= 4 is 21.7 Å². The molecule has 0 fully saturated rings. The molecule has 0 spiro atoms. The van der Waals surface area contributed by atoms with E-state index in [1.807, 2.05) is 37.3 Å². The van der Waals surface area contributed by atoms with E-state index in [-0.39, 0.29) is 19.3 Å². The molecule has 0 radical (unpaired) electrons. The van der Waals surface area contributed by atoms with Crippen molar-refractivity contribution in [1.29, 1.82) is 0 Å². The van der Waals surface area contributed by atoms with Crippen LogP contribution in [-0.4, -0.2) is 30.4 Å². The molecule has 1 heterocycles. The molecule has 5 nitrogen and oxygen atoms in total. The molecule has 2 N–H and O–H groups in total. The lowest BCUT2D eigenvalue weighted by Crippen LogP contribution is -2.09. The van der Waals surface area contributed by atoms with Crippen LogP contribution in [0.25, 0.3) is 0 Å². The van der Waals surface area contributed by atoms with Crippen LogP contribution in [0.3, 0.4) is 0 Å². The SMILES string of the molecule is COc1cc(C(C)Nc2ccc(Br)cn2)ccc1OCCO. The van der Waals surface area contributed by atoms with E-state index in [1.54, 1.807) is 13.3 Å². The molecule has 6 heteroatoms. The maximum absolute atomic E-state index is 8.83. The molecule has 0 saturated heterocycles. The summed E-state index contributed by atoms with van der Waals surface area (Å²) < 4.78 is 11.7. The second kappa shape index (κ2) is 8.00. The van der Waals surface area contributed by atoms with E-state index in [2.05, 4.69) is 26.2 Å². The molecule has 22 heavy (non-hydrogen) atoms. The Morgan fingerprint density at radius 3 is 2.73 bits per heavy atom. The summed E-state index contributed by atoms with van der Waals surface area (Å²) in [7, 11) is 1.60. The Morgan fingerprint density at radius 2 is 2.09 bits per heavy atom. The van der Waals surface area contributed by atoms with E-state index in [0.29, 0.717) is 11.5 Å². The molecule has 0 saturated carbocycles. The van der Waals surface area contributed by atoms with Gasteiger partial charge in [0.1, 0.15) is 12.4 Å². The summed E-state index contributed by atoms with van der Waals surface area (Å²) >= 11 is 3.37. The summed E-state index contributed by atoms with van der Waals surface area (Å²) in [5.74, 6) is 2.06. The Bertz CT molecular complexity index is 605. The van der Waals surface area contributed by atoms with E-state index < -0.39 is 0 Å². The summed E-state index contributed by atoms with van der Waals surface area (Å²) in [6, 6.07) is 9.64. The number of ether oxygens (including phenoxy) is 2. The molecular formula is C16H19BrN2O3. The van der Waals surface area contributed by atoms with Crippen LogP contribution < -0.4 is 14.8 Å². The van der Waals surface area contributed by atoms with Crippen molar-refractivity contribution < 1.29 is 14.6 Å². The number of aromatic nitrogens is 1. The topological polar surface area (TPSA) is 63.6 Å². The number of methoxy groups -OCH3 is 1. The van der Waals surface area contributed by atoms with Crippen LogP contribution in [0.15, 0.2) is 41.0 Å². The molecule has 0 bridgehead atoms. The van der Waals surface area contributed by atoms with E-state index >= 15 is 0 Å². The van der Waals surface area contributed by atoms with Gasteiger partial charge in [0, 0.05) is 10.7 Å². The van der Waals surface area contributed by atoms with Crippen LogP contribution in [0.2, 0.25) is 0 Å². The van der Waals surface area contributed by atoms with Gasteiger partial charge in [-0.3, -0.25) is 0 Å². The first kappa shape index (κ1) is 16.6. The van der Waals surface area contributed by atoms with Gasteiger partial charge in [0.2, 0.25) is 0 Å². The van der Waals surface area contributed by atoms with E-state index in [4.69, 9.17) is 14.6 Å². The lowest BCUT2D eigenvalue weighted by Gasteiger charge is -2.17. The quantitative estimate of drug-likeness (QED) is 0.786. The number of benzene rings is 1. The van der Waals surface area contributed by atoms with Gasteiger partial charge in [-0.2, -0.15) is 0 Å². The number of anilines is 1. The van der Waals surface area contributed by atoms with E-state index in [9.17, 15) is 0 Å². The summed E-state index contributed by atoms with van der Waals surface area (Å²) in [5, 5.41) is 12.2. The van der Waals surface area contributed by atoms with E-state index in [1.165, 1.54) is 0 Å². The van der Waals surface area contributed by atoms with Crippen molar-refractivity contribution in [2.45, 2.75) is 13.0 Å². The highest BCUT2D eigenvalue weighted by molar-refractivity contribution is 9.10. The largest absolute Gasteiger partial charge is 0.493 e. The number of hydrogen-bond acceptors (Lipinski definition) is 5. The van der Waals surface area contributed by atoms with E-state index in [0.717, 1.165) is 15.9 Å². The molecule has 1 unspecified atom stereocenters. The highest BCUT2D eigenvalue weighted by Gasteiger charge is 2.11. The molecule has 118 valence electrons. The normalized spacial score (nSPS) is 11.8. The molecule has 0 aliphatic heterocycles. The highest BCUT2D eigenvalue weighted by atomic mass is 79.9. The smallest absolute Gasteiger partial charge is 0.161 e. The monoisotopic (exact) mass is 366 g/mol. The Morgan fingerprint density at radius 1 is 1.27 bits per heavy atom. The molecule has 0 aliphatic carbocycles. The van der Waals surface area contributed by atoms with Gasteiger partial charge >= 0.3 is 0 Å². The molecule has 1 aromatic heterocycles. The molecule has 1 aromatic carbocycles. The molecular weight excluding hydrogens is 348 g/mol. The summed E-state index contributed by atoms with van der Waals surface area (Å²) in [5.41, 5.74) is 1.05. The van der Waals surface area contributed by atoms with Crippen LogP contribution in [0.5, 0.6) is 11.5 Å². The Kier molecular flexibility index (Phi) is 6.03. The van der Waals surface area contributed by atoms with Crippen molar-refractivity contribution in [3.63, 3.8) is 0 Å². The average Bonchev–Trinajstić information content (AvgIpc) is 2.54. The summed E-state index contributed by atoms with van der Waals surface area (Å²) in [6.45, 7) is 2.26. The number of nitrogens with zero attached hydrogens (tertiary/aromatic N) is 1. The van der Waals surface area contributed by atoms with Crippen molar-refractivity contribution in [3.8, 4) is 11.5 Å². The fourth-order valence-corrected chi connectivity index (χ4v) is 2.23. The van der Waals surface area contributed by atoms with Gasteiger partial charge in [-0.05, 0) is 52.7 Å². The first-order valence-corrected chi connectivity index (χ1v) is 7.73. The van der Waals surface area contributed by atoms with Gasteiger partial charge in [-0.25, -0.2) is 4.98 Å². The van der Waals surface area contributed by atoms with Gasteiger partial charge in [-0.15, -0.1) is 0 Å². The fraction of sp³-hybridized carbons (Fsp3) is 0.312. The van der Waals surface area contributed by atoms with Crippen LogP contribution >= 0.6 is 15.9 Å². The second-order valence-electron chi connectivity index (χ2n) is 4.71. The third-order valence-corrected chi connectivity index (χ3v) is 3.60. The number of pyridine rings is 1. The molecule has 2 rings (SSSR count). The predicted octanol–water partition coefficient (Wildman–Crippen LogP) is 3.40. The Balaban J connectivity index is 2.11. The minimum atomic E-state index is -0.0297. The number of nitrogens with one attached hydrogen (secondary N) is 1. The lowest BCUT2D eigenvalue weighted by molar-refractivity contribution is 0.196. The predicted molar refractivity (Wildman–Crippen MR) is 89.5 cm³/mol. The van der Waals surface area contributed by atoms with Crippen LogP contribution in [0, 0.1) is 0 Å². The first-order valence-electron chi connectivity index (χ1n) is 6.93. The zero-order chi connectivity index (χ0) is 15.9. The minimum Gasteiger partial charge on any atom is -0.493 e. The van der Waals surface area contributed by atoms with Crippen molar-refractivity contribution in [1.82, 2.24) is 4.98 Å². The standard InChI is InChI=1S/C16H19BrN2O3/c1-11(19-16-6-4-13(17)10-18-16)12-3-5-14(22-8-7-20)15(9-12)21-2/h3-6,9-11,20H,7-8H2,1-2H3,(H,18,19). The Labute approximate surface area is 138 Å². The average molecular weight is 367 g/mol. The first-order chi connectivity index (χ1) is 10.6. The number of aliphatic hydroxyl groups excluding tert-OH is 1. The minimum absolute atomic E-state index is 0.0297.